The standard InChI is InChI=1S/C12H13ClFNO4/c1-2-19-12(18)10(15-6-16)11(17)8-4-3-7(14)5-9(8)13/h3-6,10-11,17H,2H2,1H3,(H,15,16). The SMILES string of the molecule is CCOC(=O)C(NC=O)C(O)c1ccc(F)cc1Cl. The van der Waals surface area contributed by atoms with Gasteiger partial charge < -0.3 is 15.2 Å². The zero-order chi connectivity index (χ0) is 14.4. The van der Waals surface area contributed by atoms with Crippen LogP contribution >= 0.6 is 11.6 Å². The fourth-order valence-electron chi connectivity index (χ4n) is 1.51. The van der Waals surface area contributed by atoms with Crippen molar-refractivity contribution < 1.29 is 23.8 Å². The Balaban J connectivity index is 3.01. The first-order chi connectivity index (χ1) is 9.01. The van der Waals surface area contributed by atoms with Crippen molar-refractivity contribution in [2.24, 2.45) is 0 Å². The first-order valence-corrected chi connectivity index (χ1v) is 5.88. The second-order valence-electron chi connectivity index (χ2n) is 3.62. The number of halogens is 2. The normalized spacial score (nSPS) is 13.5. The number of benzene rings is 1. The van der Waals surface area contributed by atoms with Gasteiger partial charge in [0.25, 0.3) is 0 Å². The van der Waals surface area contributed by atoms with Gasteiger partial charge in [0.1, 0.15) is 11.9 Å². The number of aliphatic hydroxyl groups excluding tert-OH is 1. The number of hydrogen-bond acceptors (Lipinski definition) is 4. The molecule has 2 N–H and O–H groups in total. The number of ether oxygens (including phenoxy) is 1. The monoisotopic (exact) mass is 289 g/mol. The van der Waals surface area contributed by atoms with Gasteiger partial charge in [-0.1, -0.05) is 17.7 Å². The van der Waals surface area contributed by atoms with Crippen LogP contribution in [0, 0.1) is 5.82 Å². The summed E-state index contributed by atoms with van der Waals surface area (Å²) < 4.78 is 17.6. The molecule has 7 heteroatoms. The van der Waals surface area contributed by atoms with Crippen LogP contribution in [-0.4, -0.2) is 30.1 Å². The molecule has 0 aliphatic rings. The van der Waals surface area contributed by atoms with Crippen molar-refractivity contribution in [2.45, 2.75) is 19.1 Å². The van der Waals surface area contributed by atoms with Crippen LogP contribution in [0.5, 0.6) is 0 Å². The summed E-state index contributed by atoms with van der Waals surface area (Å²) in [6.07, 6.45) is -1.17. The van der Waals surface area contributed by atoms with E-state index in [0.717, 1.165) is 12.1 Å². The Morgan fingerprint density at radius 1 is 1.63 bits per heavy atom. The fraction of sp³-hybridized carbons (Fsp3) is 0.333. The molecule has 1 aromatic carbocycles. The first kappa shape index (κ1) is 15.4. The summed E-state index contributed by atoms with van der Waals surface area (Å²) in [6.45, 7) is 1.69. The van der Waals surface area contributed by atoms with Crippen LogP contribution in [-0.2, 0) is 14.3 Å². The van der Waals surface area contributed by atoms with Crippen LogP contribution in [0.1, 0.15) is 18.6 Å². The van der Waals surface area contributed by atoms with Gasteiger partial charge in [-0.3, -0.25) is 4.79 Å². The Morgan fingerprint density at radius 3 is 2.84 bits per heavy atom. The van der Waals surface area contributed by atoms with E-state index in [9.17, 15) is 19.1 Å². The maximum Gasteiger partial charge on any atom is 0.331 e. The topological polar surface area (TPSA) is 75.6 Å². The molecule has 0 saturated heterocycles. The lowest BCUT2D eigenvalue weighted by Crippen LogP contribution is -2.42. The molecule has 0 saturated carbocycles. The first-order valence-electron chi connectivity index (χ1n) is 5.50. The second kappa shape index (κ2) is 7.06. The highest BCUT2D eigenvalue weighted by molar-refractivity contribution is 6.31. The molecule has 1 rings (SSSR count). The number of carbonyl (C=O) groups is 2. The molecule has 0 spiro atoms. The van der Waals surface area contributed by atoms with Gasteiger partial charge in [0.05, 0.1) is 6.61 Å². The van der Waals surface area contributed by atoms with Crippen molar-refractivity contribution in [1.29, 1.82) is 0 Å². The maximum atomic E-state index is 12.9. The van der Waals surface area contributed by atoms with Crippen LogP contribution < -0.4 is 5.32 Å². The van der Waals surface area contributed by atoms with E-state index >= 15 is 0 Å². The molecule has 19 heavy (non-hydrogen) atoms. The summed E-state index contributed by atoms with van der Waals surface area (Å²) in [4.78, 5) is 22.1. The number of hydrogen-bond donors (Lipinski definition) is 2. The highest BCUT2D eigenvalue weighted by atomic mass is 35.5. The van der Waals surface area contributed by atoms with E-state index in [1.54, 1.807) is 6.92 Å². The minimum absolute atomic E-state index is 0.0468. The lowest BCUT2D eigenvalue weighted by atomic mass is 10.0. The summed E-state index contributed by atoms with van der Waals surface area (Å²) in [6, 6.07) is 2.03. The molecular weight excluding hydrogens is 277 g/mol. The van der Waals surface area contributed by atoms with E-state index in [1.165, 1.54) is 6.07 Å². The Bertz CT molecular complexity index is 469. The molecular formula is C12H13ClFNO4. The lowest BCUT2D eigenvalue weighted by Gasteiger charge is -2.21. The highest BCUT2D eigenvalue weighted by Crippen LogP contribution is 2.26. The summed E-state index contributed by atoms with van der Waals surface area (Å²) >= 11 is 5.78. The number of rotatable bonds is 6. The van der Waals surface area contributed by atoms with Crippen molar-refractivity contribution in [3.05, 3.63) is 34.6 Å². The van der Waals surface area contributed by atoms with Crippen LogP contribution in [0.3, 0.4) is 0 Å². The third-order valence-electron chi connectivity index (χ3n) is 2.39. The predicted molar refractivity (Wildman–Crippen MR) is 66.0 cm³/mol. The summed E-state index contributed by atoms with van der Waals surface area (Å²) in [7, 11) is 0. The van der Waals surface area contributed by atoms with Gasteiger partial charge in [0.2, 0.25) is 6.41 Å². The molecule has 104 valence electrons. The van der Waals surface area contributed by atoms with Gasteiger partial charge >= 0.3 is 5.97 Å². The molecule has 1 aromatic rings. The van der Waals surface area contributed by atoms with E-state index < -0.39 is 23.9 Å². The van der Waals surface area contributed by atoms with E-state index in [1.807, 2.05) is 0 Å². The third-order valence-corrected chi connectivity index (χ3v) is 2.71. The largest absolute Gasteiger partial charge is 0.464 e. The zero-order valence-corrected chi connectivity index (χ0v) is 10.9. The van der Waals surface area contributed by atoms with Crippen LogP contribution in [0.25, 0.3) is 0 Å². The molecule has 0 aliphatic heterocycles. The quantitative estimate of drug-likeness (QED) is 0.609. The number of carbonyl (C=O) groups excluding carboxylic acids is 2. The van der Waals surface area contributed by atoms with E-state index in [0.29, 0.717) is 0 Å². The Morgan fingerprint density at radius 2 is 2.32 bits per heavy atom. The Kier molecular flexibility index (Phi) is 5.72. The summed E-state index contributed by atoms with van der Waals surface area (Å²) in [5.41, 5.74) is 0.121. The van der Waals surface area contributed by atoms with E-state index in [2.05, 4.69) is 5.32 Å². The van der Waals surface area contributed by atoms with Gasteiger partial charge in [-0.25, -0.2) is 9.18 Å². The number of amides is 1. The minimum Gasteiger partial charge on any atom is -0.464 e. The molecule has 0 bridgehead atoms. The maximum absolute atomic E-state index is 12.9. The smallest absolute Gasteiger partial charge is 0.331 e. The average Bonchev–Trinajstić information content (AvgIpc) is 2.35. The predicted octanol–water partition coefficient (Wildman–Crippen LogP) is 1.19. The average molecular weight is 290 g/mol. The van der Waals surface area contributed by atoms with Crippen LogP contribution in [0.2, 0.25) is 5.02 Å². The van der Waals surface area contributed by atoms with E-state index in [-0.39, 0.29) is 23.6 Å². The molecule has 2 unspecified atom stereocenters. The molecule has 1 amide bonds. The Labute approximate surface area is 114 Å². The lowest BCUT2D eigenvalue weighted by molar-refractivity contribution is -0.149. The third kappa shape index (κ3) is 3.90. The zero-order valence-electron chi connectivity index (χ0n) is 10.1. The minimum atomic E-state index is -1.43. The van der Waals surface area contributed by atoms with Crippen LogP contribution in [0.15, 0.2) is 18.2 Å². The number of aliphatic hydroxyl groups is 1. The van der Waals surface area contributed by atoms with Gasteiger partial charge in [-0.15, -0.1) is 0 Å². The molecule has 0 heterocycles. The van der Waals surface area contributed by atoms with Gasteiger partial charge in [-0.05, 0) is 19.1 Å². The second-order valence-corrected chi connectivity index (χ2v) is 4.03. The molecule has 2 atom stereocenters. The molecule has 5 nitrogen and oxygen atoms in total. The Hall–Kier alpha value is -1.66. The van der Waals surface area contributed by atoms with Crippen molar-refractivity contribution in [1.82, 2.24) is 5.32 Å². The van der Waals surface area contributed by atoms with Gasteiger partial charge in [0.15, 0.2) is 6.04 Å². The molecule has 0 fully saturated rings. The summed E-state index contributed by atoms with van der Waals surface area (Å²) in [5, 5.41) is 12.2. The fourth-order valence-corrected chi connectivity index (χ4v) is 1.79. The summed E-state index contributed by atoms with van der Waals surface area (Å²) in [5.74, 6) is -1.38. The molecule has 0 aliphatic carbocycles. The highest BCUT2D eigenvalue weighted by Gasteiger charge is 2.30. The van der Waals surface area contributed by atoms with E-state index in [4.69, 9.17) is 16.3 Å². The number of nitrogens with one attached hydrogen (secondary N) is 1. The number of esters is 1. The van der Waals surface area contributed by atoms with Crippen molar-refractivity contribution in [3.63, 3.8) is 0 Å². The van der Waals surface area contributed by atoms with Crippen molar-refractivity contribution in [3.8, 4) is 0 Å². The van der Waals surface area contributed by atoms with Crippen LogP contribution in [0.4, 0.5) is 4.39 Å². The van der Waals surface area contributed by atoms with Crippen molar-refractivity contribution >= 4 is 24.0 Å². The van der Waals surface area contributed by atoms with Crippen molar-refractivity contribution in [2.75, 3.05) is 6.61 Å². The van der Waals surface area contributed by atoms with Gasteiger partial charge in [0, 0.05) is 10.6 Å². The molecule has 0 aromatic heterocycles. The molecule has 0 radical (unpaired) electrons. The van der Waals surface area contributed by atoms with Gasteiger partial charge in [-0.2, -0.15) is 0 Å².